The van der Waals surface area contributed by atoms with E-state index in [9.17, 15) is 0 Å². The number of fused-ring (bicyclic) bond motifs is 3. The third-order valence-corrected chi connectivity index (χ3v) is 5.80. The molecule has 0 saturated carbocycles. The Bertz CT molecular complexity index is 1310. The van der Waals surface area contributed by atoms with Gasteiger partial charge >= 0.3 is 0 Å². The van der Waals surface area contributed by atoms with E-state index in [1.807, 2.05) is 59.6 Å². The van der Waals surface area contributed by atoms with Crippen molar-refractivity contribution in [3.05, 3.63) is 138 Å². The molecule has 0 N–H and O–H groups in total. The Morgan fingerprint density at radius 2 is 1.35 bits per heavy atom. The fourth-order valence-corrected chi connectivity index (χ4v) is 4.35. The minimum absolute atomic E-state index is 0.846. The van der Waals surface area contributed by atoms with Crippen LogP contribution in [0.15, 0.2) is 120 Å². The summed E-state index contributed by atoms with van der Waals surface area (Å²) in [5.41, 5.74) is 5.31. The molecule has 0 fully saturated rings. The monoisotopic (exact) mass is 400 g/mol. The maximum absolute atomic E-state index is 6.77. The average Bonchev–Trinajstić information content (AvgIpc) is 2.85. The van der Waals surface area contributed by atoms with E-state index in [0.29, 0.717) is 0 Å². The van der Waals surface area contributed by atoms with E-state index in [0.717, 1.165) is 39.4 Å². The number of benzene rings is 4. The van der Waals surface area contributed by atoms with Gasteiger partial charge in [-0.15, -0.1) is 0 Å². The molecule has 2 aliphatic rings. The molecule has 2 heterocycles. The van der Waals surface area contributed by atoms with Crippen molar-refractivity contribution in [1.82, 2.24) is 0 Å². The van der Waals surface area contributed by atoms with Crippen LogP contribution in [0.1, 0.15) is 22.3 Å². The van der Waals surface area contributed by atoms with E-state index in [2.05, 4.69) is 66.7 Å². The van der Waals surface area contributed by atoms with Crippen molar-refractivity contribution in [1.29, 1.82) is 0 Å². The van der Waals surface area contributed by atoms with Crippen LogP contribution >= 0.6 is 0 Å². The number of para-hydroxylation sites is 2. The number of hydrogen-bond acceptors (Lipinski definition) is 3. The van der Waals surface area contributed by atoms with Gasteiger partial charge in [0, 0.05) is 22.3 Å². The maximum Gasteiger partial charge on any atom is 0.248 e. The molecule has 2 aliphatic heterocycles. The Labute approximate surface area is 181 Å². The molecule has 4 aromatic rings. The lowest BCUT2D eigenvalue weighted by atomic mass is 9.87. The quantitative estimate of drug-likeness (QED) is 0.399. The van der Waals surface area contributed by atoms with E-state index in [4.69, 9.17) is 9.84 Å². The van der Waals surface area contributed by atoms with Crippen molar-refractivity contribution in [3.63, 3.8) is 0 Å². The van der Waals surface area contributed by atoms with Gasteiger partial charge in [-0.25, -0.2) is 5.01 Å². The Morgan fingerprint density at radius 3 is 2.19 bits per heavy atom. The number of nitrogens with zero attached hydrogens (tertiary/aromatic N) is 2. The molecule has 31 heavy (non-hydrogen) atoms. The molecule has 0 aromatic heterocycles. The summed E-state index contributed by atoms with van der Waals surface area (Å²) in [7, 11) is 0. The van der Waals surface area contributed by atoms with Crippen LogP contribution in [0.5, 0.6) is 5.75 Å². The van der Waals surface area contributed by atoms with Crippen molar-refractivity contribution in [3.8, 4) is 5.75 Å². The van der Waals surface area contributed by atoms with Gasteiger partial charge in [-0.05, 0) is 30.4 Å². The van der Waals surface area contributed by atoms with Gasteiger partial charge < -0.3 is 4.74 Å². The van der Waals surface area contributed by atoms with Gasteiger partial charge in [-0.1, -0.05) is 91.0 Å². The molecule has 148 valence electrons. The van der Waals surface area contributed by atoms with Crippen molar-refractivity contribution in [2.24, 2.45) is 5.10 Å². The van der Waals surface area contributed by atoms with Gasteiger partial charge in [-0.2, -0.15) is 5.10 Å². The number of anilines is 1. The SMILES string of the molecule is C1=CC2(Oc3ccccc31)c1ccccc1C(c1ccccc1)=NN2c1ccccc1. The predicted molar refractivity (Wildman–Crippen MR) is 125 cm³/mol. The van der Waals surface area contributed by atoms with Crippen molar-refractivity contribution >= 4 is 17.5 Å². The lowest BCUT2D eigenvalue weighted by molar-refractivity contribution is 0.109. The zero-order chi connectivity index (χ0) is 20.7. The standard InChI is InChI=1S/C28H20N2O/c1-3-12-22(13-4-1)27-24-16-8-9-17-25(24)28(30(29-27)23-14-5-2-6-15-23)20-19-21-11-7-10-18-26(21)31-28/h1-20H. The van der Waals surface area contributed by atoms with Crippen LogP contribution in [0.25, 0.3) is 6.08 Å². The summed E-state index contributed by atoms with van der Waals surface area (Å²) in [6.45, 7) is 0. The zero-order valence-electron chi connectivity index (χ0n) is 16.8. The minimum Gasteiger partial charge on any atom is -0.458 e. The summed E-state index contributed by atoms with van der Waals surface area (Å²) in [5.74, 6) is 0.846. The topological polar surface area (TPSA) is 24.8 Å². The Balaban J connectivity index is 1.63. The summed E-state index contributed by atoms with van der Waals surface area (Å²) in [5, 5.41) is 7.19. The van der Waals surface area contributed by atoms with Gasteiger partial charge in [0.05, 0.1) is 11.4 Å². The van der Waals surface area contributed by atoms with Crippen LogP contribution in [0, 0.1) is 0 Å². The molecule has 6 rings (SSSR count). The first-order valence-electron chi connectivity index (χ1n) is 10.4. The third-order valence-electron chi connectivity index (χ3n) is 5.80. The Kier molecular flexibility index (Phi) is 4.00. The van der Waals surface area contributed by atoms with Crippen LogP contribution in [-0.4, -0.2) is 5.71 Å². The van der Waals surface area contributed by atoms with Crippen molar-refractivity contribution in [2.45, 2.75) is 5.72 Å². The van der Waals surface area contributed by atoms with Crippen molar-refractivity contribution in [2.75, 3.05) is 5.01 Å². The first-order valence-corrected chi connectivity index (χ1v) is 10.4. The smallest absolute Gasteiger partial charge is 0.248 e. The molecule has 0 bridgehead atoms. The molecule has 3 heteroatoms. The minimum atomic E-state index is -0.870. The van der Waals surface area contributed by atoms with Gasteiger partial charge in [0.15, 0.2) is 0 Å². The molecular weight excluding hydrogens is 380 g/mol. The van der Waals surface area contributed by atoms with E-state index in [1.54, 1.807) is 0 Å². The Morgan fingerprint density at radius 1 is 0.677 bits per heavy atom. The molecule has 1 unspecified atom stereocenters. The van der Waals surface area contributed by atoms with Crippen LogP contribution in [0.4, 0.5) is 5.69 Å². The summed E-state index contributed by atoms with van der Waals surface area (Å²) < 4.78 is 6.77. The average molecular weight is 400 g/mol. The number of rotatable bonds is 2. The lowest BCUT2D eigenvalue weighted by Gasteiger charge is -2.45. The van der Waals surface area contributed by atoms with Crippen LogP contribution in [-0.2, 0) is 5.72 Å². The number of ether oxygens (including phenoxy) is 1. The lowest BCUT2D eigenvalue weighted by Crippen LogP contribution is -2.51. The van der Waals surface area contributed by atoms with Crippen LogP contribution in [0.3, 0.4) is 0 Å². The second kappa shape index (κ2) is 6.99. The van der Waals surface area contributed by atoms with Crippen molar-refractivity contribution < 1.29 is 4.74 Å². The van der Waals surface area contributed by atoms with Gasteiger partial charge in [0.2, 0.25) is 5.72 Å². The second-order valence-corrected chi connectivity index (χ2v) is 7.68. The maximum atomic E-state index is 6.77. The summed E-state index contributed by atoms with van der Waals surface area (Å²) in [6, 6.07) is 37.0. The number of hydrazone groups is 1. The Hall–Kier alpha value is -4.11. The highest BCUT2D eigenvalue weighted by atomic mass is 16.5. The summed E-state index contributed by atoms with van der Waals surface area (Å²) in [6.07, 6.45) is 4.25. The highest BCUT2D eigenvalue weighted by Gasteiger charge is 2.46. The van der Waals surface area contributed by atoms with E-state index in [-0.39, 0.29) is 0 Å². The van der Waals surface area contributed by atoms with E-state index in [1.165, 1.54) is 0 Å². The van der Waals surface area contributed by atoms with Gasteiger partial charge in [0.1, 0.15) is 5.75 Å². The molecule has 0 radical (unpaired) electrons. The normalized spacial score (nSPS) is 18.7. The first kappa shape index (κ1) is 17.7. The molecule has 1 atom stereocenters. The van der Waals surface area contributed by atoms with Gasteiger partial charge in [0.25, 0.3) is 0 Å². The predicted octanol–water partition coefficient (Wildman–Crippen LogP) is 6.22. The first-order chi connectivity index (χ1) is 15.4. The molecule has 0 aliphatic carbocycles. The van der Waals surface area contributed by atoms with Gasteiger partial charge in [-0.3, -0.25) is 0 Å². The second-order valence-electron chi connectivity index (χ2n) is 7.68. The van der Waals surface area contributed by atoms with Crippen LogP contribution in [0.2, 0.25) is 0 Å². The third kappa shape index (κ3) is 2.78. The zero-order valence-corrected chi connectivity index (χ0v) is 16.8. The fraction of sp³-hybridized carbons (Fsp3) is 0.0357. The number of hydrogen-bond donors (Lipinski definition) is 0. The highest BCUT2D eigenvalue weighted by Crippen LogP contribution is 2.45. The molecule has 0 amide bonds. The van der Waals surface area contributed by atoms with E-state index < -0.39 is 5.72 Å². The summed E-state index contributed by atoms with van der Waals surface area (Å²) in [4.78, 5) is 0. The molecular formula is C28H20N2O. The molecule has 3 nitrogen and oxygen atoms in total. The fourth-order valence-electron chi connectivity index (χ4n) is 4.35. The largest absolute Gasteiger partial charge is 0.458 e. The summed E-state index contributed by atoms with van der Waals surface area (Å²) >= 11 is 0. The highest BCUT2D eigenvalue weighted by molar-refractivity contribution is 6.15. The van der Waals surface area contributed by atoms with Crippen LogP contribution < -0.4 is 9.75 Å². The molecule has 4 aromatic carbocycles. The molecule has 1 spiro atoms. The molecule has 0 saturated heterocycles. The van der Waals surface area contributed by atoms with E-state index >= 15 is 0 Å².